The van der Waals surface area contributed by atoms with E-state index in [9.17, 15) is 18.3 Å². The number of nitriles is 1. The van der Waals surface area contributed by atoms with Crippen LogP contribution < -0.4 is 4.72 Å². The van der Waals surface area contributed by atoms with E-state index in [1.165, 1.54) is 42.5 Å². The molecule has 0 saturated heterocycles. The maximum absolute atomic E-state index is 12.5. The summed E-state index contributed by atoms with van der Waals surface area (Å²) in [5.74, 6) is -0.988. The van der Waals surface area contributed by atoms with Crippen LogP contribution in [0, 0.1) is 11.3 Å². The largest absolute Gasteiger partial charge is 0.481 e. The van der Waals surface area contributed by atoms with Gasteiger partial charge in [0.1, 0.15) is 11.0 Å². The lowest BCUT2D eigenvalue weighted by Gasteiger charge is -2.20. The summed E-state index contributed by atoms with van der Waals surface area (Å²) in [6.07, 6.45) is 0. The number of anilines is 1. The van der Waals surface area contributed by atoms with Gasteiger partial charge in [-0.05, 0) is 43.7 Å². The second kappa shape index (κ2) is 6.75. The number of nitrogens with zero attached hydrogens (tertiary/aromatic N) is 1. The van der Waals surface area contributed by atoms with Gasteiger partial charge in [0.25, 0.3) is 10.0 Å². The Morgan fingerprint density at radius 3 is 2.32 bits per heavy atom. The van der Waals surface area contributed by atoms with Crippen LogP contribution in [0.3, 0.4) is 0 Å². The van der Waals surface area contributed by atoms with Gasteiger partial charge in [-0.1, -0.05) is 29.8 Å². The summed E-state index contributed by atoms with van der Waals surface area (Å²) in [6.45, 7) is 3.11. The average Bonchev–Trinajstić information content (AvgIpc) is 2.54. The number of carbonyl (C=O) groups is 1. The average molecular weight is 379 g/mol. The summed E-state index contributed by atoms with van der Waals surface area (Å²) in [5.41, 5.74) is -0.462. The molecule has 0 aromatic heterocycles. The first-order valence-corrected chi connectivity index (χ1v) is 9.01. The van der Waals surface area contributed by atoms with E-state index in [2.05, 4.69) is 4.72 Å². The zero-order valence-electron chi connectivity index (χ0n) is 13.4. The molecule has 2 aromatic carbocycles. The van der Waals surface area contributed by atoms with Gasteiger partial charge in [-0.2, -0.15) is 5.26 Å². The van der Waals surface area contributed by atoms with Gasteiger partial charge < -0.3 is 5.11 Å². The maximum atomic E-state index is 12.5. The molecule has 8 heteroatoms. The van der Waals surface area contributed by atoms with E-state index in [1.807, 2.05) is 0 Å². The summed E-state index contributed by atoms with van der Waals surface area (Å²) < 4.78 is 27.4. The third-order valence-electron chi connectivity index (χ3n) is 3.77. The van der Waals surface area contributed by atoms with Crippen LogP contribution in [0.1, 0.15) is 25.0 Å². The van der Waals surface area contributed by atoms with Crippen molar-refractivity contribution in [1.29, 1.82) is 5.26 Å². The molecule has 0 spiro atoms. The molecule has 6 nitrogen and oxygen atoms in total. The van der Waals surface area contributed by atoms with Crippen LogP contribution in [0.4, 0.5) is 5.69 Å². The molecule has 2 N–H and O–H groups in total. The van der Waals surface area contributed by atoms with Crippen molar-refractivity contribution in [2.45, 2.75) is 24.2 Å². The summed E-state index contributed by atoms with van der Waals surface area (Å²) in [7, 11) is -4.02. The highest BCUT2D eigenvalue weighted by Crippen LogP contribution is 2.27. The van der Waals surface area contributed by atoms with E-state index in [0.717, 1.165) is 0 Å². The fourth-order valence-electron chi connectivity index (χ4n) is 2.13. The minimum Gasteiger partial charge on any atom is -0.481 e. The van der Waals surface area contributed by atoms with E-state index in [4.69, 9.17) is 16.9 Å². The van der Waals surface area contributed by atoms with E-state index in [1.54, 1.807) is 19.9 Å². The van der Waals surface area contributed by atoms with Crippen molar-refractivity contribution in [3.05, 3.63) is 58.6 Å². The minimum absolute atomic E-state index is 0.0453. The van der Waals surface area contributed by atoms with Crippen molar-refractivity contribution in [2.24, 2.45) is 0 Å². The van der Waals surface area contributed by atoms with Crippen LogP contribution in [0.5, 0.6) is 0 Å². The predicted octanol–water partition coefficient (Wildman–Crippen LogP) is 3.37. The summed E-state index contributed by atoms with van der Waals surface area (Å²) in [6, 6.07) is 11.9. The molecule has 130 valence electrons. The molecule has 0 aliphatic heterocycles. The van der Waals surface area contributed by atoms with Crippen LogP contribution in [-0.2, 0) is 20.2 Å². The molecule has 0 unspecified atom stereocenters. The molecule has 2 rings (SSSR count). The fourth-order valence-corrected chi connectivity index (χ4v) is 3.64. The van der Waals surface area contributed by atoms with Crippen molar-refractivity contribution in [1.82, 2.24) is 0 Å². The van der Waals surface area contributed by atoms with Crippen molar-refractivity contribution < 1.29 is 18.3 Å². The highest BCUT2D eigenvalue weighted by molar-refractivity contribution is 7.92. The number of halogens is 1. The number of rotatable bonds is 5. The Labute approximate surface area is 150 Å². The van der Waals surface area contributed by atoms with Crippen LogP contribution in [0.15, 0.2) is 47.4 Å². The Morgan fingerprint density at radius 1 is 1.20 bits per heavy atom. The number of hydrogen-bond acceptors (Lipinski definition) is 4. The first-order chi connectivity index (χ1) is 11.6. The Kier molecular flexibility index (Phi) is 5.07. The lowest BCUT2D eigenvalue weighted by atomic mass is 9.85. The zero-order valence-corrected chi connectivity index (χ0v) is 15.0. The third-order valence-corrected chi connectivity index (χ3v) is 5.51. The Morgan fingerprint density at radius 2 is 1.80 bits per heavy atom. The molecule has 0 fully saturated rings. The normalized spacial score (nSPS) is 11.6. The van der Waals surface area contributed by atoms with Gasteiger partial charge >= 0.3 is 5.97 Å². The topological polar surface area (TPSA) is 107 Å². The predicted molar refractivity (Wildman–Crippen MR) is 94.1 cm³/mol. The van der Waals surface area contributed by atoms with E-state index < -0.39 is 21.4 Å². The van der Waals surface area contributed by atoms with Gasteiger partial charge in [-0.25, -0.2) is 8.42 Å². The first-order valence-electron chi connectivity index (χ1n) is 7.15. The summed E-state index contributed by atoms with van der Waals surface area (Å²) >= 11 is 5.87. The molecule has 2 aromatic rings. The van der Waals surface area contributed by atoms with Gasteiger partial charge in [-0.3, -0.25) is 9.52 Å². The number of nitrogens with one attached hydrogen (secondary N) is 1. The van der Waals surface area contributed by atoms with Crippen molar-refractivity contribution in [2.75, 3.05) is 4.72 Å². The minimum atomic E-state index is -4.02. The zero-order chi connectivity index (χ0) is 18.8. The molecular formula is C17H15ClN2O4S. The number of carboxylic acid groups (broad SMARTS) is 1. The molecule has 0 aliphatic carbocycles. The molecule has 0 saturated carbocycles. The van der Waals surface area contributed by atoms with Crippen LogP contribution in [-0.4, -0.2) is 19.5 Å². The molecule has 0 atom stereocenters. The van der Waals surface area contributed by atoms with Gasteiger partial charge in [0.05, 0.1) is 16.0 Å². The summed E-state index contributed by atoms with van der Waals surface area (Å²) in [4.78, 5) is 11.0. The number of aliphatic carboxylic acids is 1. The second-order valence-electron chi connectivity index (χ2n) is 5.84. The van der Waals surface area contributed by atoms with E-state index in [-0.39, 0.29) is 21.2 Å². The standard InChI is InChI=1S/C17H15ClN2O4S/c1-17(2,16(21)22)11-6-8-12(9-7-11)20-25(23,24)15-5-3-4-14(18)13(15)10-19/h3-9,20H,1-2H3,(H,21,22). The van der Waals surface area contributed by atoms with Crippen molar-refractivity contribution >= 4 is 33.3 Å². The van der Waals surface area contributed by atoms with Gasteiger partial charge in [0.15, 0.2) is 0 Å². The van der Waals surface area contributed by atoms with Crippen molar-refractivity contribution in [3.63, 3.8) is 0 Å². The molecular weight excluding hydrogens is 364 g/mol. The van der Waals surface area contributed by atoms with Crippen molar-refractivity contribution in [3.8, 4) is 6.07 Å². The van der Waals surface area contributed by atoms with Gasteiger partial charge in [0.2, 0.25) is 0 Å². The molecule has 0 heterocycles. The third kappa shape index (κ3) is 3.76. The molecule has 25 heavy (non-hydrogen) atoms. The maximum Gasteiger partial charge on any atom is 0.313 e. The SMILES string of the molecule is CC(C)(C(=O)O)c1ccc(NS(=O)(=O)c2cccc(Cl)c2C#N)cc1. The second-order valence-corrected chi connectivity index (χ2v) is 7.90. The number of sulfonamides is 1. The Hall–Kier alpha value is -2.56. The highest BCUT2D eigenvalue weighted by Gasteiger charge is 2.29. The fraction of sp³-hybridized carbons (Fsp3) is 0.176. The molecule has 0 aliphatic rings. The Balaban J connectivity index is 2.36. The van der Waals surface area contributed by atoms with Crippen LogP contribution in [0.25, 0.3) is 0 Å². The smallest absolute Gasteiger partial charge is 0.313 e. The van der Waals surface area contributed by atoms with Gasteiger partial charge in [-0.15, -0.1) is 0 Å². The number of hydrogen-bond donors (Lipinski definition) is 2. The van der Waals surface area contributed by atoms with Crippen LogP contribution in [0.2, 0.25) is 5.02 Å². The number of carboxylic acids is 1. The lowest BCUT2D eigenvalue weighted by molar-refractivity contribution is -0.142. The highest BCUT2D eigenvalue weighted by atomic mass is 35.5. The van der Waals surface area contributed by atoms with E-state index >= 15 is 0 Å². The lowest BCUT2D eigenvalue weighted by Crippen LogP contribution is -2.28. The summed E-state index contributed by atoms with van der Waals surface area (Å²) in [5, 5.41) is 18.4. The quantitative estimate of drug-likeness (QED) is 0.829. The van der Waals surface area contributed by atoms with E-state index in [0.29, 0.717) is 5.56 Å². The molecule has 0 amide bonds. The van der Waals surface area contributed by atoms with Crippen LogP contribution >= 0.6 is 11.6 Å². The van der Waals surface area contributed by atoms with Gasteiger partial charge in [0, 0.05) is 5.69 Å². The monoisotopic (exact) mass is 378 g/mol. The number of benzene rings is 2. The molecule has 0 radical (unpaired) electrons. The Bertz CT molecular complexity index is 961. The first kappa shape index (κ1) is 18.8. The molecule has 0 bridgehead atoms.